The molecular formula is C23H26FN3O. The molecule has 0 N–H and O–H groups in total. The lowest BCUT2D eigenvalue weighted by Crippen LogP contribution is -2.37. The zero-order valence-corrected chi connectivity index (χ0v) is 16.5. The van der Waals surface area contributed by atoms with E-state index in [1.54, 1.807) is 23.0 Å². The second kappa shape index (κ2) is 8.83. The quantitative estimate of drug-likeness (QED) is 0.605. The number of halogens is 1. The lowest BCUT2D eigenvalue weighted by atomic mass is 9.87. The van der Waals surface area contributed by atoms with Crippen molar-refractivity contribution in [1.29, 1.82) is 0 Å². The van der Waals surface area contributed by atoms with E-state index in [4.69, 9.17) is 0 Å². The Morgan fingerprint density at radius 3 is 2.39 bits per heavy atom. The van der Waals surface area contributed by atoms with E-state index in [-0.39, 0.29) is 30.1 Å². The van der Waals surface area contributed by atoms with Gasteiger partial charge in [0.1, 0.15) is 5.82 Å². The molecule has 3 aromatic rings. The summed E-state index contributed by atoms with van der Waals surface area (Å²) in [4.78, 5) is 15.1. The highest BCUT2D eigenvalue weighted by Crippen LogP contribution is 2.31. The number of rotatable bonds is 7. The van der Waals surface area contributed by atoms with E-state index in [2.05, 4.69) is 5.10 Å². The van der Waals surface area contributed by atoms with Crippen LogP contribution in [0.15, 0.2) is 67.0 Å². The van der Waals surface area contributed by atoms with Crippen molar-refractivity contribution < 1.29 is 9.18 Å². The maximum absolute atomic E-state index is 14.5. The zero-order valence-electron chi connectivity index (χ0n) is 16.5. The standard InChI is InChI=1S/C23H26FN3O/c1-17(2)27(16-18-14-25-26(3)15-18)23(28)13-21(19-9-5-4-6-10-19)20-11-7-8-12-22(20)24/h4-12,14-15,17,21H,13,16H2,1-3H3/t21-/m1/s1. The SMILES string of the molecule is CC(C)N(Cc1cnn(C)c1)C(=O)C[C@H](c1ccccc1)c1ccccc1F. The first kappa shape index (κ1) is 19.8. The van der Waals surface area contributed by atoms with Crippen molar-refractivity contribution >= 4 is 5.91 Å². The van der Waals surface area contributed by atoms with E-state index in [9.17, 15) is 9.18 Å². The third kappa shape index (κ3) is 4.66. The van der Waals surface area contributed by atoms with Crippen molar-refractivity contribution in [3.05, 3.63) is 89.5 Å². The van der Waals surface area contributed by atoms with Gasteiger partial charge in [-0.05, 0) is 31.0 Å². The molecule has 146 valence electrons. The van der Waals surface area contributed by atoms with Gasteiger partial charge < -0.3 is 4.90 Å². The first-order valence-electron chi connectivity index (χ1n) is 9.52. The highest BCUT2D eigenvalue weighted by Gasteiger charge is 2.25. The van der Waals surface area contributed by atoms with E-state index in [0.29, 0.717) is 12.1 Å². The smallest absolute Gasteiger partial charge is 0.224 e. The van der Waals surface area contributed by atoms with Crippen molar-refractivity contribution in [1.82, 2.24) is 14.7 Å². The van der Waals surface area contributed by atoms with E-state index in [1.165, 1.54) is 6.07 Å². The summed E-state index contributed by atoms with van der Waals surface area (Å²) < 4.78 is 16.3. The van der Waals surface area contributed by atoms with Crippen LogP contribution in [0, 0.1) is 5.82 Å². The van der Waals surface area contributed by atoms with Crippen LogP contribution in [0.1, 0.15) is 42.9 Å². The molecule has 28 heavy (non-hydrogen) atoms. The van der Waals surface area contributed by atoms with Gasteiger partial charge >= 0.3 is 0 Å². The summed E-state index contributed by atoms with van der Waals surface area (Å²) in [5.74, 6) is -0.617. The van der Waals surface area contributed by atoms with Gasteiger partial charge in [0.2, 0.25) is 5.91 Å². The van der Waals surface area contributed by atoms with Gasteiger partial charge in [0.15, 0.2) is 0 Å². The van der Waals surface area contributed by atoms with Gasteiger partial charge in [0.25, 0.3) is 0 Å². The molecule has 0 radical (unpaired) electrons. The summed E-state index contributed by atoms with van der Waals surface area (Å²) in [5.41, 5.74) is 2.46. The minimum atomic E-state index is -0.329. The van der Waals surface area contributed by atoms with Crippen LogP contribution in [0.5, 0.6) is 0 Å². The molecule has 0 saturated heterocycles. The fourth-order valence-electron chi connectivity index (χ4n) is 3.45. The molecule has 0 bridgehead atoms. The number of amides is 1. The first-order chi connectivity index (χ1) is 13.5. The molecule has 0 aliphatic heterocycles. The van der Waals surface area contributed by atoms with Crippen LogP contribution < -0.4 is 0 Å². The molecule has 0 aliphatic carbocycles. The summed E-state index contributed by atoms with van der Waals surface area (Å²) in [6, 6.07) is 16.4. The molecule has 4 nitrogen and oxygen atoms in total. The lowest BCUT2D eigenvalue weighted by Gasteiger charge is -2.29. The first-order valence-corrected chi connectivity index (χ1v) is 9.52. The number of hydrogen-bond donors (Lipinski definition) is 0. The maximum Gasteiger partial charge on any atom is 0.224 e. The highest BCUT2D eigenvalue weighted by molar-refractivity contribution is 5.78. The molecule has 0 spiro atoms. The number of aromatic nitrogens is 2. The number of hydrogen-bond acceptors (Lipinski definition) is 2. The Kier molecular flexibility index (Phi) is 6.24. The summed E-state index contributed by atoms with van der Waals surface area (Å²) in [6.45, 7) is 4.48. The Bertz CT molecular complexity index is 920. The Morgan fingerprint density at radius 1 is 1.11 bits per heavy atom. The fraction of sp³-hybridized carbons (Fsp3) is 0.304. The molecule has 2 aromatic carbocycles. The fourth-order valence-corrected chi connectivity index (χ4v) is 3.45. The molecule has 0 unspecified atom stereocenters. The largest absolute Gasteiger partial charge is 0.336 e. The van der Waals surface area contributed by atoms with Crippen LogP contribution in [0.2, 0.25) is 0 Å². The molecule has 1 amide bonds. The summed E-state index contributed by atoms with van der Waals surface area (Å²) in [7, 11) is 1.86. The highest BCUT2D eigenvalue weighted by atomic mass is 19.1. The molecule has 1 heterocycles. The average Bonchev–Trinajstić information content (AvgIpc) is 3.10. The summed E-state index contributed by atoms with van der Waals surface area (Å²) in [5, 5.41) is 4.19. The Balaban J connectivity index is 1.88. The van der Waals surface area contributed by atoms with Crippen molar-refractivity contribution in [2.75, 3.05) is 0 Å². The monoisotopic (exact) mass is 379 g/mol. The van der Waals surface area contributed by atoms with E-state index in [0.717, 1.165) is 11.1 Å². The van der Waals surface area contributed by atoms with Crippen LogP contribution in [0.3, 0.4) is 0 Å². The van der Waals surface area contributed by atoms with Gasteiger partial charge in [-0.3, -0.25) is 9.48 Å². The normalized spacial score (nSPS) is 12.2. The van der Waals surface area contributed by atoms with Gasteiger partial charge in [0.05, 0.1) is 6.20 Å². The Hall–Kier alpha value is -2.95. The van der Waals surface area contributed by atoms with Crippen LogP contribution in [-0.4, -0.2) is 26.6 Å². The topological polar surface area (TPSA) is 38.1 Å². The number of benzene rings is 2. The molecular weight excluding hydrogens is 353 g/mol. The number of nitrogens with zero attached hydrogens (tertiary/aromatic N) is 3. The lowest BCUT2D eigenvalue weighted by molar-refractivity contribution is -0.133. The van der Waals surface area contributed by atoms with E-state index >= 15 is 0 Å². The predicted molar refractivity (Wildman–Crippen MR) is 108 cm³/mol. The zero-order chi connectivity index (χ0) is 20.1. The second-order valence-corrected chi connectivity index (χ2v) is 7.33. The van der Waals surface area contributed by atoms with Crippen LogP contribution in [0.4, 0.5) is 4.39 Å². The summed E-state index contributed by atoms with van der Waals surface area (Å²) in [6.07, 6.45) is 3.89. The number of aryl methyl sites for hydroxylation is 1. The molecule has 5 heteroatoms. The molecule has 0 aliphatic rings. The van der Waals surface area contributed by atoms with Crippen molar-refractivity contribution in [2.45, 2.75) is 38.8 Å². The summed E-state index contributed by atoms with van der Waals surface area (Å²) >= 11 is 0. The maximum atomic E-state index is 14.5. The van der Waals surface area contributed by atoms with Crippen LogP contribution >= 0.6 is 0 Å². The van der Waals surface area contributed by atoms with Crippen LogP contribution in [0.25, 0.3) is 0 Å². The van der Waals surface area contributed by atoms with Crippen molar-refractivity contribution in [3.63, 3.8) is 0 Å². The van der Waals surface area contributed by atoms with Crippen molar-refractivity contribution in [2.24, 2.45) is 7.05 Å². The average molecular weight is 379 g/mol. The second-order valence-electron chi connectivity index (χ2n) is 7.33. The number of carbonyl (C=O) groups is 1. The van der Waals surface area contributed by atoms with Gasteiger partial charge in [-0.1, -0.05) is 48.5 Å². The Labute approximate surface area is 165 Å². The van der Waals surface area contributed by atoms with Crippen molar-refractivity contribution in [3.8, 4) is 0 Å². The molecule has 1 atom stereocenters. The van der Waals surface area contributed by atoms with Gasteiger partial charge in [0, 0.05) is 43.7 Å². The van der Waals surface area contributed by atoms with Gasteiger partial charge in [-0.15, -0.1) is 0 Å². The molecule has 3 rings (SSSR count). The van der Waals surface area contributed by atoms with Crippen LogP contribution in [-0.2, 0) is 18.4 Å². The number of carbonyl (C=O) groups excluding carboxylic acids is 1. The minimum absolute atomic E-state index is 0.00374. The third-order valence-corrected chi connectivity index (χ3v) is 4.92. The van der Waals surface area contributed by atoms with E-state index in [1.807, 2.05) is 68.4 Å². The van der Waals surface area contributed by atoms with Gasteiger partial charge in [-0.25, -0.2) is 4.39 Å². The van der Waals surface area contributed by atoms with E-state index < -0.39 is 0 Å². The Morgan fingerprint density at radius 2 is 1.79 bits per heavy atom. The molecule has 0 fully saturated rings. The van der Waals surface area contributed by atoms with Gasteiger partial charge in [-0.2, -0.15) is 5.10 Å². The minimum Gasteiger partial charge on any atom is -0.336 e. The predicted octanol–water partition coefficient (Wildman–Crippen LogP) is 4.52. The third-order valence-electron chi connectivity index (χ3n) is 4.92. The molecule has 0 saturated carbocycles. The molecule has 1 aromatic heterocycles.